The molecular formula is C13H17NO3. The Kier molecular flexibility index (Phi) is 2.96. The van der Waals surface area contributed by atoms with E-state index in [0.717, 1.165) is 17.0 Å². The minimum atomic E-state index is -0.836. The fourth-order valence-corrected chi connectivity index (χ4v) is 2.20. The fourth-order valence-electron chi connectivity index (χ4n) is 2.20. The summed E-state index contributed by atoms with van der Waals surface area (Å²) in [6.07, 6.45) is -0.303. The van der Waals surface area contributed by atoms with Gasteiger partial charge in [-0.2, -0.15) is 0 Å². The Balaban J connectivity index is 2.30. The summed E-state index contributed by atoms with van der Waals surface area (Å²) >= 11 is 0. The molecule has 2 atom stereocenters. The molecular weight excluding hydrogens is 218 g/mol. The van der Waals surface area contributed by atoms with Crippen molar-refractivity contribution in [3.8, 4) is 5.75 Å². The maximum absolute atomic E-state index is 10.8. The van der Waals surface area contributed by atoms with Crippen molar-refractivity contribution in [3.05, 3.63) is 23.3 Å². The summed E-state index contributed by atoms with van der Waals surface area (Å²) in [6, 6.07) is 4.06. The first-order valence-corrected chi connectivity index (χ1v) is 5.73. The van der Waals surface area contributed by atoms with Crippen LogP contribution in [0.15, 0.2) is 12.1 Å². The molecule has 4 heteroatoms. The van der Waals surface area contributed by atoms with E-state index in [4.69, 9.17) is 9.84 Å². The molecule has 0 aromatic heterocycles. The highest BCUT2D eigenvalue weighted by molar-refractivity contribution is 5.69. The van der Waals surface area contributed by atoms with Gasteiger partial charge in [-0.25, -0.2) is 0 Å². The van der Waals surface area contributed by atoms with Crippen molar-refractivity contribution >= 4 is 11.7 Å². The molecule has 0 bridgehead atoms. The fraction of sp³-hybridized carbons (Fsp3) is 0.462. The Morgan fingerprint density at radius 3 is 2.82 bits per heavy atom. The Labute approximate surface area is 101 Å². The van der Waals surface area contributed by atoms with Crippen molar-refractivity contribution in [1.29, 1.82) is 0 Å². The standard InChI is InChI=1S/C13H17NO3/c1-7-4-8(2)13-10(5-7)14-9(3)11(17-13)6-12(15)16/h4-5,9,11,14H,6H2,1-3H3,(H,15,16). The van der Waals surface area contributed by atoms with Crippen molar-refractivity contribution in [3.63, 3.8) is 0 Å². The summed E-state index contributed by atoms with van der Waals surface area (Å²) in [5.74, 6) is -0.0585. The first-order valence-electron chi connectivity index (χ1n) is 5.73. The summed E-state index contributed by atoms with van der Waals surface area (Å²) in [5, 5.41) is 12.1. The zero-order valence-electron chi connectivity index (χ0n) is 10.3. The third kappa shape index (κ3) is 2.35. The molecule has 1 aromatic rings. The second-order valence-electron chi connectivity index (χ2n) is 4.65. The van der Waals surface area contributed by atoms with Gasteiger partial charge in [-0.1, -0.05) is 6.07 Å². The average Bonchev–Trinajstić information content (AvgIpc) is 2.19. The van der Waals surface area contributed by atoms with Crippen LogP contribution in [-0.2, 0) is 4.79 Å². The third-order valence-electron chi connectivity index (χ3n) is 3.00. The van der Waals surface area contributed by atoms with Crippen molar-refractivity contribution in [2.24, 2.45) is 0 Å². The number of hydrogen-bond donors (Lipinski definition) is 2. The van der Waals surface area contributed by atoms with E-state index in [9.17, 15) is 4.79 Å². The highest BCUT2D eigenvalue weighted by Crippen LogP contribution is 2.36. The number of hydrogen-bond acceptors (Lipinski definition) is 3. The van der Waals surface area contributed by atoms with Gasteiger partial charge in [0.05, 0.1) is 18.2 Å². The molecule has 2 rings (SSSR count). The van der Waals surface area contributed by atoms with Gasteiger partial charge in [-0.05, 0) is 38.0 Å². The average molecular weight is 235 g/mol. The molecule has 0 saturated carbocycles. The lowest BCUT2D eigenvalue weighted by Gasteiger charge is -2.33. The van der Waals surface area contributed by atoms with Gasteiger partial charge in [0, 0.05) is 0 Å². The van der Waals surface area contributed by atoms with E-state index in [1.54, 1.807) is 0 Å². The van der Waals surface area contributed by atoms with Gasteiger partial charge in [0.15, 0.2) is 0 Å². The Morgan fingerprint density at radius 1 is 1.47 bits per heavy atom. The van der Waals surface area contributed by atoms with Crippen LogP contribution in [0, 0.1) is 13.8 Å². The first kappa shape index (κ1) is 11.8. The highest BCUT2D eigenvalue weighted by atomic mass is 16.5. The van der Waals surface area contributed by atoms with E-state index >= 15 is 0 Å². The minimum Gasteiger partial charge on any atom is -0.485 e. The summed E-state index contributed by atoms with van der Waals surface area (Å²) in [5.41, 5.74) is 3.16. The zero-order chi connectivity index (χ0) is 12.6. The molecule has 0 radical (unpaired) electrons. The van der Waals surface area contributed by atoms with E-state index in [1.807, 2.05) is 32.9 Å². The first-order chi connectivity index (χ1) is 7.97. The number of carbonyl (C=O) groups is 1. The van der Waals surface area contributed by atoms with Gasteiger partial charge in [-0.15, -0.1) is 0 Å². The van der Waals surface area contributed by atoms with Gasteiger partial charge in [-0.3, -0.25) is 4.79 Å². The molecule has 1 aromatic carbocycles. The van der Waals surface area contributed by atoms with E-state index in [2.05, 4.69) is 5.32 Å². The van der Waals surface area contributed by atoms with Crippen LogP contribution in [0.25, 0.3) is 0 Å². The molecule has 2 unspecified atom stereocenters. The number of aryl methyl sites for hydroxylation is 2. The molecule has 17 heavy (non-hydrogen) atoms. The van der Waals surface area contributed by atoms with Gasteiger partial charge in [0.25, 0.3) is 0 Å². The number of carboxylic acids is 1. The number of nitrogens with one attached hydrogen (secondary N) is 1. The monoisotopic (exact) mass is 235 g/mol. The summed E-state index contributed by atoms with van der Waals surface area (Å²) in [7, 11) is 0. The Morgan fingerprint density at radius 2 is 2.18 bits per heavy atom. The van der Waals surface area contributed by atoms with E-state index in [1.165, 1.54) is 5.56 Å². The Hall–Kier alpha value is -1.71. The van der Waals surface area contributed by atoms with Crippen LogP contribution in [0.2, 0.25) is 0 Å². The maximum Gasteiger partial charge on any atom is 0.307 e. The SMILES string of the molecule is Cc1cc(C)c2c(c1)NC(C)C(CC(=O)O)O2. The molecule has 0 fully saturated rings. The van der Waals surface area contributed by atoms with E-state index in [0.29, 0.717) is 0 Å². The van der Waals surface area contributed by atoms with Crippen LogP contribution >= 0.6 is 0 Å². The molecule has 0 saturated heterocycles. The van der Waals surface area contributed by atoms with Crippen LogP contribution in [0.4, 0.5) is 5.69 Å². The van der Waals surface area contributed by atoms with Crippen LogP contribution in [0.1, 0.15) is 24.5 Å². The number of ether oxygens (including phenoxy) is 1. The zero-order valence-corrected chi connectivity index (χ0v) is 10.3. The van der Waals surface area contributed by atoms with Crippen LogP contribution in [0.5, 0.6) is 5.75 Å². The number of aliphatic carboxylic acids is 1. The minimum absolute atomic E-state index is 0.000185. The summed E-state index contributed by atoms with van der Waals surface area (Å²) < 4.78 is 5.80. The van der Waals surface area contributed by atoms with Gasteiger partial charge in [0.1, 0.15) is 11.9 Å². The molecule has 4 nitrogen and oxygen atoms in total. The van der Waals surface area contributed by atoms with Crippen LogP contribution < -0.4 is 10.1 Å². The van der Waals surface area contributed by atoms with E-state index < -0.39 is 5.97 Å². The lowest BCUT2D eigenvalue weighted by molar-refractivity contribution is -0.139. The Bertz CT molecular complexity index is 456. The predicted octanol–water partition coefficient (Wildman–Crippen LogP) is 2.34. The van der Waals surface area contributed by atoms with Crippen LogP contribution in [-0.4, -0.2) is 23.2 Å². The normalized spacial score (nSPS) is 22.3. The number of fused-ring (bicyclic) bond motifs is 1. The summed E-state index contributed by atoms with van der Waals surface area (Å²) in [4.78, 5) is 10.8. The molecule has 1 aliphatic rings. The molecule has 0 spiro atoms. The van der Waals surface area contributed by atoms with Crippen molar-refractivity contribution in [1.82, 2.24) is 0 Å². The number of rotatable bonds is 2. The number of anilines is 1. The lowest BCUT2D eigenvalue weighted by atomic mass is 10.0. The van der Waals surface area contributed by atoms with Crippen molar-refractivity contribution in [2.75, 3.05) is 5.32 Å². The highest BCUT2D eigenvalue weighted by Gasteiger charge is 2.29. The largest absolute Gasteiger partial charge is 0.485 e. The topological polar surface area (TPSA) is 58.6 Å². The second kappa shape index (κ2) is 4.28. The van der Waals surface area contributed by atoms with E-state index in [-0.39, 0.29) is 18.6 Å². The predicted molar refractivity (Wildman–Crippen MR) is 65.7 cm³/mol. The lowest BCUT2D eigenvalue weighted by Crippen LogP contribution is -2.41. The molecule has 2 N–H and O–H groups in total. The van der Waals surface area contributed by atoms with Gasteiger partial charge in [0.2, 0.25) is 0 Å². The molecule has 0 aliphatic carbocycles. The number of benzene rings is 1. The van der Waals surface area contributed by atoms with Crippen LogP contribution in [0.3, 0.4) is 0 Å². The molecule has 0 amide bonds. The second-order valence-corrected chi connectivity index (χ2v) is 4.65. The molecule has 1 heterocycles. The molecule has 1 aliphatic heterocycles. The quantitative estimate of drug-likeness (QED) is 0.826. The number of carboxylic acid groups (broad SMARTS) is 1. The summed E-state index contributed by atoms with van der Waals surface area (Å²) in [6.45, 7) is 5.94. The van der Waals surface area contributed by atoms with Crippen molar-refractivity contribution < 1.29 is 14.6 Å². The van der Waals surface area contributed by atoms with Gasteiger partial charge < -0.3 is 15.2 Å². The van der Waals surface area contributed by atoms with Crippen molar-refractivity contribution in [2.45, 2.75) is 39.3 Å². The van der Waals surface area contributed by atoms with Gasteiger partial charge >= 0.3 is 5.97 Å². The maximum atomic E-state index is 10.8. The smallest absolute Gasteiger partial charge is 0.307 e. The third-order valence-corrected chi connectivity index (χ3v) is 3.00. The molecule has 92 valence electrons.